The van der Waals surface area contributed by atoms with Gasteiger partial charge in [-0.05, 0) is 36.8 Å². The van der Waals surface area contributed by atoms with Crippen molar-refractivity contribution >= 4 is 17.5 Å². The molecule has 5 heteroatoms. The fourth-order valence-electron chi connectivity index (χ4n) is 2.55. The van der Waals surface area contributed by atoms with E-state index in [4.69, 9.17) is 4.42 Å². The lowest BCUT2D eigenvalue weighted by atomic mass is 10.1. The number of hydrogen-bond acceptors (Lipinski definition) is 3. The monoisotopic (exact) mass is 348 g/mol. The molecule has 0 fully saturated rings. The second-order valence-electron chi connectivity index (χ2n) is 6.02. The number of hydrogen-bond donors (Lipinski definition) is 2. The van der Waals surface area contributed by atoms with E-state index in [1.54, 1.807) is 42.7 Å². The molecule has 0 aliphatic rings. The number of para-hydroxylation sites is 1. The number of carbonyl (C=O) groups excluding carboxylic acids is 2. The molecule has 0 radical (unpaired) electrons. The molecule has 1 heterocycles. The maximum atomic E-state index is 12.4. The second-order valence-corrected chi connectivity index (χ2v) is 6.02. The zero-order valence-corrected chi connectivity index (χ0v) is 14.5. The molecule has 3 aromatic rings. The van der Waals surface area contributed by atoms with Gasteiger partial charge in [0.15, 0.2) is 0 Å². The van der Waals surface area contributed by atoms with Crippen molar-refractivity contribution in [3.05, 3.63) is 89.4 Å². The third-order valence-corrected chi connectivity index (χ3v) is 3.93. The van der Waals surface area contributed by atoms with E-state index in [1.165, 1.54) is 0 Å². The quantitative estimate of drug-likeness (QED) is 0.713. The molecule has 0 aliphatic carbocycles. The summed E-state index contributed by atoms with van der Waals surface area (Å²) in [6, 6.07) is 18.3. The highest BCUT2D eigenvalue weighted by molar-refractivity contribution is 6.04. The number of benzene rings is 2. The molecule has 132 valence electrons. The Morgan fingerprint density at radius 1 is 0.962 bits per heavy atom. The Morgan fingerprint density at radius 2 is 1.73 bits per heavy atom. The molecule has 0 aliphatic heterocycles. The highest BCUT2D eigenvalue weighted by Crippen LogP contribution is 2.16. The summed E-state index contributed by atoms with van der Waals surface area (Å²) in [6.45, 7) is 2.29. The van der Waals surface area contributed by atoms with Crippen molar-refractivity contribution in [1.82, 2.24) is 5.32 Å². The highest BCUT2D eigenvalue weighted by Gasteiger charge is 2.13. The molecule has 0 atom stereocenters. The average molecular weight is 348 g/mol. The highest BCUT2D eigenvalue weighted by atomic mass is 16.3. The summed E-state index contributed by atoms with van der Waals surface area (Å²) in [5.41, 5.74) is 2.97. The summed E-state index contributed by atoms with van der Waals surface area (Å²) in [5.74, 6) is 0.229. The normalized spacial score (nSPS) is 10.3. The third kappa shape index (κ3) is 4.60. The van der Waals surface area contributed by atoms with Crippen LogP contribution in [0, 0.1) is 6.92 Å². The van der Waals surface area contributed by atoms with Crippen molar-refractivity contribution in [2.75, 3.05) is 5.32 Å². The molecule has 0 bridgehead atoms. The molecule has 0 unspecified atom stereocenters. The molecule has 0 spiro atoms. The first-order valence-corrected chi connectivity index (χ1v) is 8.37. The van der Waals surface area contributed by atoms with Crippen molar-refractivity contribution in [3.63, 3.8) is 0 Å². The largest absolute Gasteiger partial charge is 0.467 e. The minimum Gasteiger partial charge on any atom is -0.467 e. The van der Waals surface area contributed by atoms with Gasteiger partial charge in [-0.1, -0.05) is 42.0 Å². The molecular weight excluding hydrogens is 328 g/mol. The van der Waals surface area contributed by atoms with Crippen molar-refractivity contribution in [1.29, 1.82) is 0 Å². The Kier molecular flexibility index (Phi) is 5.49. The van der Waals surface area contributed by atoms with Gasteiger partial charge in [0.25, 0.3) is 5.91 Å². The zero-order valence-electron chi connectivity index (χ0n) is 14.5. The zero-order chi connectivity index (χ0) is 18.4. The number of carbonyl (C=O) groups is 2. The Balaban J connectivity index is 1.65. The third-order valence-electron chi connectivity index (χ3n) is 3.93. The summed E-state index contributed by atoms with van der Waals surface area (Å²) >= 11 is 0. The molecule has 2 N–H and O–H groups in total. The number of anilines is 1. The molecule has 3 rings (SSSR count). The maximum Gasteiger partial charge on any atom is 0.253 e. The van der Waals surface area contributed by atoms with E-state index in [0.29, 0.717) is 17.0 Å². The van der Waals surface area contributed by atoms with Crippen molar-refractivity contribution < 1.29 is 14.0 Å². The first-order chi connectivity index (χ1) is 12.6. The van der Waals surface area contributed by atoms with E-state index in [1.807, 2.05) is 31.2 Å². The number of aryl methyl sites for hydroxylation is 1. The molecule has 1 aromatic heterocycles. The van der Waals surface area contributed by atoms with Crippen LogP contribution in [0.3, 0.4) is 0 Å². The number of amides is 2. The Bertz CT molecular complexity index is 884. The van der Waals surface area contributed by atoms with Gasteiger partial charge in [0.1, 0.15) is 5.76 Å². The molecule has 0 saturated heterocycles. The van der Waals surface area contributed by atoms with Gasteiger partial charge in [0.2, 0.25) is 5.91 Å². The van der Waals surface area contributed by atoms with E-state index in [2.05, 4.69) is 10.6 Å². The molecule has 5 nitrogen and oxygen atoms in total. The van der Waals surface area contributed by atoms with Crippen LogP contribution in [0.25, 0.3) is 0 Å². The summed E-state index contributed by atoms with van der Waals surface area (Å²) in [7, 11) is 0. The van der Waals surface area contributed by atoms with Gasteiger partial charge in [-0.15, -0.1) is 0 Å². The topological polar surface area (TPSA) is 71.3 Å². The lowest BCUT2D eigenvalue weighted by Gasteiger charge is -2.11. The lowest BCUT2D eigenvalue weighted by molar-refractivity contribution is -0.115. The number of rotatable bonds is 6. The Morgan fingerprint density at radius 3 is 2.46 bits per heavy atom. The predicted molar refractivity (Wildman–Crippen MR) is 99.8 cm³/mol. The minimum atomic E-state index is -0.271. The van der Waals surface area contributed by atoms with Gasteiger partial charge >= 0.3 is 0 Å². The fourth-order valence-corrected chi connectivity index (χ4v) is 2.55. The molecule has 0 saturated carbocycles. The maximum absolute atomic E-state index is 12.4. The summed E-state index contributed by atoms with van der Waals surface area (Å²) < 4.78 is 5.20. The number of furan rings is 1. The van der Waals surface area contributed by atoms with E-state index in [0.717, 1.165) is 11.1 Å². The molecular formula is C21H20N2O3. The van der Waals surface area contributed by atoms with Gasteiger partial charge in [-0.2, -0.15) is 0 Å². The van der Waals surface area contributed by atoms with Crippen LogP contribution in [0.2, 0.25) is 0 Å². The predicted octanol–water partition coefficient (Wildman–Crippen LogP) is 3.70. The van der Waals surface area contributed by atoms with Gasteiger partial charge in [-0.3, -0.25) is 9.59 Å². The van der Waals surface area contributed by atoms with E-state index in [-0.39, 0.29) is 24.8 Å². The standard InChI is InChI=1S/C21H20N2O3/c1-15-8-10-16(11-9-15)13-20(24)23-19-7-3-2-6-18(19)21(25)22-14-17-5-4-12-26-17/h2-12H,13-14H2,1H3,(H,22,25)(H,23,24). The summed E-state index contributed by atoms with van der Waals surface area (Å²) in [4.78, 5) is 24.8. The van der Waals surface area contributed by atoms with Gasteiger partial charge < -0.3 is 15.1 Å². The first-order valence-electron chi connectivity index (χ1n) is 8.37. The smallest absolute Gasteiger partial charge is 0.253 e. The van der Waals surface area contributed by atoms with Gasteiger partial charge in [0, 0.05) is 0 Å². The van der Waals surface area contributed by atoms with E-state index >= 15 is 0 Å². The fraction of sp³-hybridized carbons (Fsp3) is 0.143. The van der Waals surface area contributed by atoms with Gasteiger partial charge in [-0.25, -0.2) is 0 Å². The van der Waals surface area contributed by atoms with Gasteiger partial charge in [0.05, 0.1) is 30.5 Å². The van der Waals surface area contributed by atoms with Crippen LogP contribution < -0.4 is 10.6 Å². The van der Waals surface area contributed by atoms with E-state index in [9.17, 15) is 9.59 Å². The Hall–Kier alpha value is -3.34. The van der Waals surface area contributed by atoms with Crippen LogP contribution >= 0.6 is 0 Å². The first kappa shape index (κ1) is 17.5. The number of nitrogens with one attached hydrogen (secondary N) is 2. The summed E-state index contributed by atoms with van der Waals surface area (Å²) in [5, 5.41) is 5.61. The second kappa shape index (κ2) is 8.16. The lowest BCUT2D eigenvalue weighted by Crippen LogP contribution is -2.25. The van der Waals surface area contributed by atoms with Crippen LogP contribution in [0.15, 0.2) is 71.3 Å². The molecule has 26 heavy (non-hydrogen) atoms. The SMILES string of the molecule is Cc1ccc(CC(=O)Nc2ccccc2C(=O)NCc2ccco2)cc1. The van der Waals surface area contributed by atoms with Crippen LogP contribution in [-0.4, -0.2) is 11.8 Å². The van der Waals surface area contributed by atoms with E-state index < -0.39 is 0 Å². The summed E-state index contributed by atoms with van der Waals surface area (Å²) in [6.07, 6.45) is 1.81. The minimum absolute atomic E-state index is 0.167. The van der Waals surface area contributed by atoms with Crippen LogP contribution in [0.4, 0.5) is 5.69 Å². The van der Waals surface area contributed by atoms with Crippen LogP contribution in [0.1, 0.15) is 27.2 Å². The van der Waals surface area contributed by atoms with Crippen LogP contribution in [0.5, 0.6) is 0 Å². The van der Waals surface area contributed by atoms with Crippen molar-refractivity contribution in [3.8, 4) is 0 Å². The Labute approximate surface area is 152 Å². The average Bonchev–Trinajstić information content (AvgIpc) is 3.16. The van der Waals surface area contributed by atoms with Crippen molar-refractivity contribution in [2.45, 2.75) is 19.9 Å². The molecule has 2 amide bonds. The van der Waals surface area contributed by atoms with Crippen molar-refractivity contribution in [2.24, 2.45) is 0 Å². The van der Waals surface area contributed by atoms with Crippen LogP contribution in [-0.2, 0) is 17.8 Å². The molecule has 2 aromatic carbocycles.